The maximum absolute atomic E-state index is 13.0. The Morgan fingerprint density at radius 1 is 1.16 bits per heavy atom. The molecule has 0 spiro atoms. The summed E-state index contributed by atoms with van der Waals surface area (Å²) >= 11 is 0. The van der Waals surface area contributed by atoms with Crippen LogP contribution >= 0.6 is 0 Å². The molecule has 5 rings (SSSR count). The summed E-state index contributed by atoms with van der Waals surface area (Å²) in [4.78, 5) is 34.3. The first kappa shape index (κ1) is 19.7. The van der Waals surface area contributed by atoms with Crippen molar-refractivity contribution in [2.24, 2.45) is 5.92 Å². The van der Waals surface area contributed by atoms with Gasteiger partial charge in [-0.2, -0.15) is 0 Å². The van der Waals surface area contributed by atoms with E-state index in [4.69, 9.17) is 0 Å². The van der Waals surface area contributed by atoms with Crippen LogP contribution in [0.5, 0.6) is 0 Å². The number of imidazole rings is 1. The molecule has 162 valence electrons. The maximum Gasteiger partial charge on any atom is 0.279 e. The van der Waals surface area contributed by atoms with Gasteiger partial charge in [0.15, 0.2) is 17.2 Å². The van der Waals surface area contributed by atoms with E-state index in [2.05, 4.69) is 37.9 Å². The van der Waals surface area contributed by atoms with Crippen molar-refractivity contribution in [3.05, 3.63) is 71.0 Å². The number of anilines is 3. The zero-order valence-electron chi connectivity index (χ0n) is 17.6. The molecular weight excluding hydrogens is 408 g/mol. The minimum Gasteiger partial charge on any atom is -0.385 e. The molecule has 1 aliphatic rings. The zero-order chi connectivity index (χ0) is 22.2. The van der Waals surface area contributed by atoms with Gasteiger partial charge in [-0.15, -0.1) is 5.10 Å². The number of carbonyl (C=O) groups excluding carboxylic acids is 1. The van der Waals surface area contributed by atoms with Gasteiger partial charge in [-0.25, -0.2) is 14.5 Å². The van der Waals surface area contributed by atoms with Crippen molar-refractivity contribution in [2.75, 3.05) is 17.7 Å². The highest BCUT2D eigenvalue weighted by Gasteiger charge is 2.34. The van der Waals surface area contributed by atoms with Gasteiger partial charge in [-0.1, -0.05) is 13.0 Å². The number of aromatic nitrogens is 5. The highest BCUT2D eigenvalue weighted by Crippen LogP contribution is 2.29. The second-order valence-electron chi connectivity index (χ2n) is 7.77. The Labute approximate surface area is 183 Å². The van der Waals surface area contributed by atoms with Gasteiger partial charge in [-0.3, -0.25) is 14.2 Å². The van der Waals surface area contributed by atoms with E-state index in [0.717, 1.165) is 6.42 Å². The first-order valence-electron chi connectivity index (χ1n) is 10.3. The van der Waals surface area contributed by atoms with E-state index in [1.54, 1.807) is 49.8 Å². The lowest BCUT2D eigenvalue weighted by Crippen LogP contribution is -2.28. The molecule has 2 atom stereocenters. The lowest BCUT2D eigenvalue weighted by molar-refractivity contribution is 0.0942. The number of pyridine rings is 2. The Balaban J connectivity index is 1.52. The predicted molar refractivity (Wildman–Crippen MR) is 121 cm³/mol. The Morgan fingerprint density at radius 2 is 2.00 bits per heavy atom. The summed E-state index contributed by atoms with van der Waals surface area (Å²) in [6.45, 7) is 2.09. The lowest BCUT2D eigenvalue weighted by Gasteiger charge is -2.11. The van der Waals surface area contributed by atoms with E-state index in [1.807, 2.05) is 6.07 Å². The van der Waals surface area contributed by atoms with Crippen LogP contribution in [0.15, 0.2) is 59.8 Å². The van der Waals surface area contributed by atoms with Crippen LogP contribution < -0.4 is 21.5 Å². The fourth-order valence-corrected chi connectivity index (χ4v) is 3.54. The van der Waals surface area contributed by atoms with Crippen molar-refractivity contribution in [3.63, 3.8) is 0 Å². The molecule has 0 aliphatic heterocycles. The molecule has 0 bridgehead atoms. The molecule has 0 aromatic carbocycles. The van der Waals surface area contributed by atoms with Gasteiger partial charge in [0.2, 0.25) is 0 Å². The van der Waals surface area contributed by atoms with E-state index in [-0.39, 0.29) is 17.5 Å². The molecular formula is C22H22N8O2. The van der Waals surface area contributed by atoms with E-state index >= 15 is 0 Å². The molecule has 1 fully saturated rings. The molecule has 1 amide bonds. The van der Waals surface area contributed by atoms with Crippen LogP contribution in [-0.2, 0) is 0 Å². The van der Waals surface area contributed by atoms with Gasteiger partial charge in [0.25, 0.3) is 11.5 Å². The number of hydrogen-bond donors (Lipinski definition) is 3. The van der Waals surface area contributed by atoms with Crippen molar-refractivity contribution in [2.45, 2.75) is 19.4 Å². The van der Waals surface area contributed by atoms with Crippen LogP contribution in [0.25, 0.3) is 11.5 Å². The Kier molecular flexibility index (Phi) is 4.81. The number of hydrogen-bond acceptors (Lipinski definition) is 7. The normalized spacial score (nSPS) is 17.2. The number of carbonyl (C=O) groups is 1. The van der Waals surface area contributed by atoms with E-state index in [9.17, 15) is 9.59 Å². The molecule has 1 saturated carbocycles. The van der Waals surface area contributed by atoms with Gasteiger partial charge in [0.1, 0.15) is 11.5 Å². The molecule has 0 radical (unpaired) electrons. The number of rotatable bonds is 6. The minimum atomic E-state index is -0.273. The van der Waals surface area contributed by atoms with Crippen LogP contribution in [0.1, 0.15) is 23.8 Å². The molecule has 10 heteroatoms. The molecule has 3 N–H and O–H groups in total. The summed E-state index contributed by atoms with van der Waals surface area (Å²) in [6, 6.07) is 10.7. The summed E-state index contributed by atoms with van der Waals surface area (Å²) in [5.74, 6) is 1.17. The number of nitrogens with zero attached hydrogens (tertiary/aromatic N) is 5. The van der Waals surface area contributed by atoms with Crippen molar-refractivity contribution >= 4 is 28.7 Å². The third-order valence-corrected chi connectivity index (χ3v) is 5.50. The molecule has 32 heavy (non-hydrogen) atoms. The Bertz CT molecular complexity index is 1360. The molecule has 4 heterocycles. The first-order valence-corrected chi connectivity index (χ1v) is 10.3. The average Bonchev–Trinajstić information content (AvgIpc) is 3.32. The molecule has 4 aromatic heterocycles. The number of nitrogens with one attached hydrogen (secondary N) is 3. The minimum absolute atomic E-state index is 0.188. The smallest absolute Gasteiger partial charge is 0.279 e. The molecule has 0 saturated heterocycles. The average molecular weight is 430 g/mol. The predicted octanol–water partition coefficient (Wildman–Crippen LogP) is 2.20. The summed E-state index contributed by atoms with van der Waals surface area (Å²) in [5, 5.41) is 13.7. The van der Waals surface area contributed by atoms with Crippen LogP contribution in [0, 0.1) is 5.92 Å². The Hall–Kier alpha value is -4.21. The van der Waals surface area contributed by atoms with Crippen LogP contribution in [-0.4, -0.2) is 43.1 Å². The SMILES string of the molecule is CNc1cc(Nc2cccn(-c3ccccn3)c2=O)nn2c(C(=O)N[C@@H]3CC3C)cnc12. The van der Waals surface area contributed by atoms with Crippen LogP contribution in [0.3, 0.4) is 0 Å². The number of amides is 1. The summed E-state index contributed by atoms with van der Waals surface area (Å²) in [7, 11) is 1.76. The summed E-state index contributed by atoms with van der Waals surface area (Å²) in [6.07, 6.45) is 5.76. The molecule has 1 aliphatic carbocycles. The highest BCUT2D eigenvalue weighted by molar-refractivity contribution is 5.94. The standard InChI is InChI=1S/C22H22N8O2/c1-13-10-15(13)27-21(31)17-12-25-20-16(23-2)11-18(28-30(17)20)26-14-6-5-9-29(22(14)32)19-7-3-4-8-24-19/h3-9,11-13,15,23H,10H2,1-2H3,(H,26,28)(H,27,31)/t13?,15-/m1/s1. The third-order valence-electron chi connectivity index (χ3n) is 5.50. The largest absolute Gasteiger partial charge is 0.385 e. The topological polar surface area (TPSA) is 118 Å². The fourth-order valence-electron chi connectivity index (χ4n) is 3.54. The van der Waals surface area contributed by atoms with Crippen molar-refractivity contribution in [1.29, 1.82) is 0 Å². The number of fused-ring (bicyclic) bond motifs is 1. The van der Waals surface area contributed by atoms with Gasteiger partial charge < -0.3 is 16.0 Å². The van der Waals surface area contributed by atoms with Crippen molar-refractivity contribution in [3.8, 4) is 5.82 Å². The monoisotopic (exact) mass is 430 g/mol. The van der Waals surface area contributed by atoms with Gasteiger partial charge >= 0.3 is 0 Å². The van der Waals surface area contributed by atoms with E-state index in [0.29, 0.717) is 40.3 Å². The quantitative estimate of drug-likeness (QED) is 0.429. The second kappa shape index (κ2) is 7.80. The second-order valence-corrected chi connectivity index (χ2v) is 7.77. The van der Waals surface area contributed by atoms with Gasteiger partial charge in [0, 0.05) is 31.5 Å². The zero-order valence-corrected chi connectivity index (χ0v) is 17.6. The summed E-state index contributed by atoms with van der Waals surface area (Å²) in [5.41, 5.74) is 1.57. The molecule has 1 unspecified atom stereocenters. The molecule has 10 nitrogen and oxygen atoms in total. The first-order chi connectivity index (χ1) is 15.5. The Morgan fingerprint density at radius 3 is 2.72 bits per heavy atom. The van der Waals surface area contributed by atoms with Gasteiger partial charge in [-0.05, 0) is 36.6 Å². The van der Waals surface area contributed by atoms with E-state index < -0.39 is 0 Å². The van der Waals surface area contributed by atoms with Crippen molar-refractivity contribution < 1.29 is 4.79 Å². The van der Waals surface area contributed by atoms with Gasteiger partial charge in [0.05, 0.1) is 11.9 Å². The van der Waals surface area contributed by atoms with Crippen LogP contribution in [0.2, 0.25) is 0 Å². The summed E-state index contributed by atoms with van der Waals surface area (Å²) < 4.78 is 2.93. The van der Waals surface area contributed by atoms with E-state index in [1.165, 1.54) is 15.3 Å². The van der Waals surface area contributed by atoms with Crippen molar-refractivity contribution in [1.82, 2.24) is 29.5 Å². The lowest BCUT2D eigenvalue weighted by atomic mass is 10.3. The maximum atomic E-state index is 13.0. The molecule has 4 aromatic rings. The fraction of sp³-hybridized carbons (Fsp3) is 0.227. The highest BCUT2D eigenvalue weighted by atomic mass is 16.2. The third kappa shape index (κ3) is 3.55. The van der Waals surface area contributed by atoms with Crippen LogP contribution in [0.4, 0.5) is 17.2 Å².